The van der Waals surface area contributed by atoms with Crippen molar-refractivity contribution in [1.82, 2.24) is 9.47 Å². The maximum atomic E-state index is 11.0. The number of hydrogen-bond acceptors (Lipinski definition) is 4. The second kappa shape index (κ2) is 8.93. The smallest absolute Gasteiger partial charge is 0.221 e. The van der Waals surface area contributed by atoms with Crippen LogP contribution in [0.4, 0.5) is 11.4 Å². The Morgan fingerprint density at radius 1 is 1.13 bits per heavy atom. The lowest BCUT2D eigenvalue weighted by Gasteiger charge is -2.30. The largest absolute Gasteiger partial charge is 0.493 e. The Kier molecular flexibility index (Phi) is 6.11. The fraction of sp³-hybridized carbons (Fsp3) is 0.348. The van der Waals surface area contributed by atoms with E-state index < -0.39 is 0 Å². The first-order valence-corrected chi connectivity index (χ1v) is 10.7. The molecule has 6 nitrogen and oxygen atoms in total. The van der Waals surface area contributed by atoms with Crippen LogP contribution in [0.5, 0.6) is 5.88 Å². The van der Waals surface area contributed by atoms with Crippen LogP contribution in [0.3, 0.4) is 0 Å². The zero-order valence-electron chi connectivity index (χ0n) is 17.4. The van der Waals surface area contributed by atoms with Crippen molar-refractivity contribution in [2.45, 2.75) is 33.4 Å². The van der Waals surface area contributed by atoms with Gasteiger partial charge in [0.1, 0.15) is 0 Å². The van der Waals surface area contributed by atoms with Crippen molar-refractivity contribution in [3.63, 3.8) is 0 Å². The molecule has 0 saturated carbocycles. The highest BCUT2D eigenvalue weighted by Gasteiger charge is 2.21. The number of aromatic nitrogens is 1. The molecule has 2 N–H and O–H groups in total. The molecule has 0 bridgehead atoms. The van der Waals surface area contributed by atoms with Gasteiger partial charge in [0.25, 0.3) is 0 Å². The van der Waals surface area contributed by atoms with Gasteiger partial charge in [0.15, 0.2) is 5.69 Å². The quantitative estimate of drug-likeness (QED) is 0.411. The van der Waals surface area contributed by atoms with Crippen molar-refractivity contribution in [1.29, 1.82) is 0 Å². The van der Waals surface area contributed by atoms with Gasteiger partial charge in [0.05, 0.1) is 12.2 Å². The summed E-state index contributed by atoms with van der Waals surface area (Å²) < 4.78 is 1.91. The maximum Gasteiger partial charge on any atom is 0.221 e. The van der Waals surface area contributed by atoms with Crippen LogP contribution in [0.1, 0.15) is 25.3 Å². The van der Waals surface area contributed by atoms with Gasteiger partial charge in [-0.2, -0.15) is 0 Å². The predicted octanol–water partition coefficient (Wildman–Crippen LogP) is 5.83. The van der Waals surface area contributed by atoms with Crippen molar-refractivity contribution in [3.05, 3.63) is 54.1 Å². The van der Waals surface area contributed by atoms with E-state index in [9.17, 15) is 5.11 Å². The number of fused-ring (bicyclic) bond motifs is 1. The molecule has 30 heavy (non-hydrogen) atoms. The minimum absolute atomic E-state index is 0.122. The molecule has 0 atom stereocenters. The molecule has 156 valence electrons. The highest BCUT2D eigenvalue weighted by atomic mass is 32.1. The zero-order chi connectivity index (χ0) is 21.1. The first kappa shape index (κ1) is 20.5. The minimum Gasteiger partial charge on any atom is -0.493 e. The molecule has 0 spiro atoms. The number of anilines is 1. The highest BCUT2D eigenvalue weighted by Crippen LogP contribution is 2.39. The van der Waals surface area contributed by atoms with Crippen molar-refractivity contribution in [3.8, 4) is 5.88 Å². The number of rotatable bonds is 4. The van der Waals surface area contributed by atoms with Gasteiger partial charge in [0.2, 0.25) is 11.0 Å². The van der Waals surface area contributed by atoms with Crippen LogP contribution >= 0.6 is 12.2 Å². The van der Waals surface area contributed by atoms with Crippen LogP contribution in [0.15, 0.2) is 58.8 Å². The van der Waals surface area contributed by atoms with Crippen LogP contribution < -0.4 is 5.32 Å². The molecule has 1 fully saturated rings. The summed E-state index contributed by atoms with van der Waals surface area (Å²) in [6.45, 7) is 7.01. The van der Waals surface area contributed by atoms with Crippen molar-refractivity contribution in [2.24, 2.45) is 16.1 Å². The lowest BCUT2D eigenvalue weighted by Crippen LogP contribution is -2.34. The second-order valence-corrected chi connectivity index (χ2v) is 8.39. The third kappa shape index (κ3) is 4.37. The van der Waals surface area contributed by atoms with E-state index in [0.29, 0.717) is 12.4 Å². The van der Waals surface area contributed by atoms with Gasteiger partial charge in [-0.1, -0.05) is 43.3 Å². The number of nitrogens with one attached hydrogen (secondary N) is 1. The summed E-state index contributed by atoms with van der Waals surface area (Å²) in [7, 11) is 0. The van der Waals surface area contributed by atoms with E-state index >= 15 is 0 Å². The molecule has 2 heterocycles. The molecule has 1 aliphatic heterocycles. The molecule has 4 rings (SSSR count). The Morgan fingerprint density at radius 2 is 1.83 bits per heavy atom. The van der Waals surface area contributed by atoms with Gasteiger partial charge in [-0.25, -0.2) is 0 Å². The summed E-state index contributed by atoms with van der Waals surface area (Å²) in [6.07, 6.45) is 2.37. The third-order valence-electron chi connectivity index (χ3n) is 5.76. The predicted molar refractivity (Wildman–Crippen MR) is 125 cm³/mol. The highest BCUT2D eigenvalue weighted by molar-refractivity contribution is 7.80. The van der Waals surface area contributed by atoms with Gasteiger partial charge in [-0.3, -0.25) is 9.47 Å². The van der Waals surface area contributed by atoms with Crippen LogP contribution in [-0.4, -0.2) is 32.8 Å². The molecule has 0 aliphatic carbocycles. The maximum absolute atomic E-state index is 11.0. The SMILES string of the molecule is Cc1ccccc1NC(=S)N=Nc1c(O)n(CN2CCC(C)CC2)c2ccccc12. The molecule has 1 aliphatic rings. The fourth-order valence-electron chi connectivity index (χ4n) is 3.87. The van der Waals surface area contributed by atoms with Gasteiger partial charge < -0.3 is 10.4 Å². The summed E-state index contributed by atoms with van der Waals surface area (Å²) in [5.74, 6) is 0.889. The van der Waals surface area contributed by atoms with E-state index in [0.717, 1.165) is 41.2 Å². The van der Waals surface area contributed by atoms with E-state index in [1.807, 2.05) is 60.0 Å². The normalized spacial score (nSPS) is 15.8. The third-order valence-corrected chi connectivity index (χ3v) is 5.95. The number of piperidine rings is 1. The zero-order valence-corrected chi connectivity index (χ0v) is 18.2. The number of likely N-dealkylation sites (tertiary alicyclic amines) is 1. The number of benzene rings is 2. The van der Waals surface area contributed by atoms with Crippen LogP contribution in [0.25, 0.3) is 10.9 Å². The Labute approximate surface area is 182 Å². The lowest BCUT2D eigenvalue weighted by atomic mass is 10.00. The second-order valence-electron chi connectivity index (χ2n) is 8.00. The number of aryl methyl sites for hydroxylation is 1. The number of hydrogen-bond donors (Lipinski definition) is 2. The molecule has 1 aromatic heterocycles. The number of thiocarbonyl (C=S) groups is 1. The van der Waals surface area contributed by atoms with E-state index in [-0.39, 0.29) is 11.0 Å². The summed E-state index contributed by atoms with van der Waals surface area (Å²) >= 11 is 5.34. The Balaban J connectivity index is 1.58. The summed E-state index contributed by atoms with van der Waals surface area (Å²) in [6, 6.07) is 15.7. The molecule has 0 amide bonds. The van der Waals surface area contributed by atoms with Gasteiger partial charge in [0, 0.05) is 24.2 Å². The Bertz CT molecular complexity index is 1080. The van der Waals surface area contributed by atoms with Crippen molar-refractivity contribution in [2.75, 3.05) is 18.4 Å². The summed E-state index contributed by atoms with van der Waals surface area (Å²) in [4.78, 5) is 2.37. The number of para-hydroxylation sites is 2. The molecule has 2 aromatic carbocycles. The first-order valence-electron chi connectivity index (χ1n) is 10.3. The van der Waals surface area contributed by atoms with Crippen LogP contribution in [0.2, 0.25) is 0 Å². The van der Waals surface area contributed by atoms with Crippen LogP contribution in [-0.2, 0) is 6.67 Å². The lowest BCUT2D eigenvalue weighted by molar-refractivity contribution is 0.151. The topological polar surface area (TPSA) is 65.2 Å². The van der Waals surface area contributed by atoms with E-state index in [4.69, 9.17) is 12.2 Å². The first-order chi connectivity index (χ1) is 14.5. The van der Waals surface area contributed by atoms with Gasteiger partial charge >= 0.3 is 0 Å². The average Bonchev–Trinajstić information content (AvgIpc) is 3.01. The Morgan fingerprint density at radius 3 is 2.60 bits per heavy atom. The fourth-order valence-corrected chi connectivity index (χ4v) is 4.02. The van der Waals surface area contributed by atoms with Crippen molar-refractivity contribution >= 4 is 39.6 Å². The monoisotopic (exact) mass is 421 g/mol. The number of nitrogens with zero attached hydrogens (tertiary/aromatic N) is 4. The van der Waals surface area contributed by atoms with E-state index in [2.05, 4.69) is 27.4 Å². The minimum atomic E-state index is 0.122. The van der Waals surface area contributed by atoms with Crippen molar-refractivity contribution < 1.29 is 5.11 Å². The van der Waals surface area contributed by atoms with Gasteiger partial charge in [-0.05, 0) is 55.6 Å². The Hall–Kier alpha value is -2.77. The van der Waals surface area contributed by atoms with E-state index in [1.54, 1.807) is 0 Å². The number of aromatic hydroxyl groups is 1. The average molecular weight is 422 g/mol. The van der Waals surface area contributed by atoms with Crippen LogP contribution in [0, 0.1) is 12.8 Å². The van der Waals surface area contributed by atoms with E-state index in [1.165, 1.54) is 12.8 Å². The standard InChI is InChI=1S/C23H27N5OS/c1-16-11-13-27(14-12-16)15-28-20-10-6-4-8-18(20)21(22(28)29)25-26-23(30)24-19-9-5-3-7-17(19)2/h3-10,16,29H,11-15H2,1-2H3,(H,24,30). The molecule has 0 radical (unpaired) electrons. The molecular formula is C23H27N5OS. The molecule has 7 heteroatoms. The molecular weight excluding hydrogens is 394 g/mol. The number of azo groups is 1. The van der Waals surface area contributed by atoms with Gasteiger partial charge in [-0.15, -0.1) is 10.2 Å². The summed E-state index contributed by atoms with van der Waals surface area (Å²) in [5, 5.41) is 23.7. The summed E-state index contributed by atoms with van der Waals surface area (Å²) in [5.41, 5.74) is 3.36. The molecule has 3 aromatic rings. The molecule has 0 unspecified atom stereocenters. The molecule has 1 saturated heterocycles.